The van der Waals surface area contributed by atoms with E-state index in [1.807, 2.05) is 0 Å². The number of carbonyl (C=O) groups is 2. The molecule has 0 radical (unpaired) electrons. The first-order valence-electron chi connectivity index (χ1n) is 7.42. The van der Waals surface area contributed by atoms with Crippen molar-refractivity contribution in [3.05, 3.63) is 0 Å². The summed E-state index contributed by atoms with van der Waals surface area (Å²) in [6, 6.07) is 0.113. The van der Waals surface area contributed by atoms with Crippen LogP contribution in [-0.2, 0) is 9.59 Å². The molecule has 3 N–H and O–H groups in total. The van der Waals surface area contributed by atoms with Gasteiger partial charge in [0.2, 0.25) is 11.8 Å². The average Bonchev–Trinajstić information content (AvgIpc) is 2.42. The number of amides is 2. The first kappa shape index (κ1) is 14.3. The minimum absolute atomic E-state index is 0.0900. The average molecular weight is 267 g/mol. The lowest BCUT2D eigenvalue weighted by Gasteiger charge is -2.29. The summed E-state index contributed by atoms with van der Waals surface area (Å²) in [5.41, 5.74) is 0. The Bertz CT molecular complexity index is 317. The van der Waals surface area contributed by atoms with Gasteiger partial charge in [0.1, 0.15) is 0 Å². The topological polar surface area (TPSA) is 70.2 Å². The maximum absolute atomic E-state index is 12.0. The summed E-state index contributed by atoms with van der Waals surface area (Å²) in [5, 5.41) is 9.22. The van der Waals surface area contributed by atoms with Crippen LogP contribution in [-0.4, -0.2) is 37.5 Å². The monoisotopic (exact) mass is 267 g/mol. The molecular formula is C14H25N3O2. The van der Waals surface area contributed by atoms with Crippen molar-refractivity contribution in [1.29, 1.82) is 0 Å². The second-order valence-corrected chi connectivity index (χ2v) is 5.90. The fourth-order valence-electron chi connectivity index (χ4n) is 2.97. The number of hydrogen-bond donors (Lipinski definition) is 3. The zero-order valence-corrected chi connectivity index (χ0v) is 11.7. The molecule has 2 saturated heterocycles. The molecule has 2 fully saturated rings. The summed E-state index contributed by atoms with van der Waals surface area (Å²) < 4.78 is 0. The Morgan fingerprint density at radius 3 is 2.89 bits per heavy atom. The Balaban J connectivity index is 1.69. The molecule has 5 nitrogen and oxygen atoms in total. The van der Waals surface area contributed by atoms with E-state index in [9.17, 15) is 9.59 Å². The minimum Gasteiger partial charge on any atom is -0.354 e. The maximum atomic E-state index is 12.0. The molecular weight excluding hydrogens is 242 g/mol. The second kappa shape index (κ2) is 6.89. The standard InChI is InChI=1S/C14H25N3O2/c1-10(11-3-2-6-15-8-11)7-14(19)17-12-4-5-13(18)16-9-12/h10-12,15H,2-9H2,1H3,(H,16,18)(H,17,19). The van der Waals surface area contributed by atoms with E-state index in [1.54, 1.807) is 0 Å². The summed E-state index contributed by atoms with van der Waals surface area (Å²) in [6.07, 6.45) is 4.31. The zero-order valence-electron chi connectivity index (χ0n) is 11.7. The molecule has 3 atom stereocenters. The van der Waals surface area contributed by atoms with Crippen LogP contribution in [0, 0.1) is 11.8 Å². The highest BCUT2D eigenvalue weighted by Gasteiger charge is 2.24. The first-order chi connectivity index (χ1) is 9.15. The van der Waals surface area contributed by atoms with Gasteiger partial charge < -0.3 is 16.0 Å². The van der Waals surface area contributed by atoms with Crippen LogP contribution >= 0.6 is 0 Å². The number of carbonyl (C=O) groups excluding carboxylic acids is 2. The highest BCUT2D eigenvalue weighted by Crippen LogP contribution is 2.22. The molecule has 3 unspecified atom stereocenters. The van der Waals surface area contributed by atoms with Crippen molar-refractivity contribution < 1.29 is 9.59 Å². The zero-order chi connectivity index (χ0) is 13.7. The van der Waals surface area contributed by atoms with Crippen molar-refractivity contribution in [1.82, 2.24) is 16.0 Å². The van der Waals surface area contributed by atoms with E-state index in [-0.39, 0.29) is 17.9 Å². The Morgan fingerprint density at radius 2 is 2.26 bits per heavy atom. The number of nitrogens with one attached hydrogen (secondary N) is 3. The largest absolute Gasteiger partial charge is 0.354 e. The maximum Gasteiger partial charge on any atom is 0.220 e. The Hall–Kier alpha value is -1.10. The van der Waals surface area contributed by atoms with E-state index in [0.29, 0.717) is 31.2 Å². The van der Waals surface area contributed by atoms with Crippen LogP contribution in [0.15, 0.2) is 0 Å². The van der Waals surface area contributed by atoms with E-state index >= 15 is 0 Å². The van der Waals surface area contributed by atoms with Crippen LogP contribution in [0.4, 0.5) is 0 Å². The highest BCUT2D eigenvalue weighted by atomic mass is 16.2. The third kappa shape index (κ3) is 4.49. The summed E-state index contributed by atoms with van der Waals surface area (Å²) >= 11 is 0. The fraction of sp³-hybridized carbons (Fsp3) is 0.857. The van der Waals surface area contributed by atoms with E-state index in [2.05, 4.69) is 22.9 Å². The van der Waals surface area contributed by atoms with Gasteiger partial charge in [-0.05, 0) is 44.2 Å². The second-order valence-electron chi connectivity index (χ2n) is 5.90. The molecule has 0 aromatic heterocycles. The van der Waals surface area contributed by atoms with Gasteiger partial charge in [0.25, 0.3) is 0 Å². The summed E-state index contributed by atoms with van der Waals surface area (Å²) in [6.45, 7) is 4.88. The number of piperidine rings is 2. The van der Waals surface area contributed by atoms with Gasteiger partial charge >= 0.3 is 0 Å². The van der Waals surface area contributed by atoms with Crippen molar-refractivity contribution in [2.45, 2.75) is 45.1 Å². The summed E-state index contributed by atoms with van der Waals surface area (Å²) in [4.78, 5) is 23.0. The summed E-state index contributed by atoms with van der Waals surface area (Å²) in [5.74, 6) is 1.25. The molecule has 0 spiro atoms. The molecule has 2 amide bonds. The Morgan fingerprint density at radius 1 is 1.42 bits per heavy atom. The highest BCUT2D eigenvalue weighted by molar-refractivity contribution is 5.79. The Kier molecular flexibility index (Phi) is 5.19. The van der Waals surface area contributed by atoms with E-state index < -0.39 is 0 Å². The fourth-order valence-corrected chi connectivity index (χ4v) is 2.97. The lowest BCUT2D eigenvalue weighted by atomic mass is 9.85. The lowest BCUT2D eigenvalue weighted by Crippen LogP contribution is -2.48. The number of rotatable bonds is 4. The molecule has 2 rings (SSSR count). The van der Waals surface area contributed by atoms with Crippen molar-refractivity contribution >= 4 is 11.8 Å². The number of hydrogen-bond acceptors (Lipinski definition) is 3. The smallest absolute Gasteiger partial charge is 0.220 e. The van der Waals surface area contributed by atoms with Crippen LogP contribution in [0.2, 0.25) is 0 Å². The van der Waals surface area contributed by atoms with Gasteiger partial charge in [-0.2, -0.15) is 0 Å². The first-order valence-corrected chi connectivity index (χ1v) is 7.42. The molecule has 0 aromatic carbocycles. The molecule has 19 heavy (non-hydrogen) atoms. The van der Waals surface area contributed by atoms with Crippen LogP contribution < -0.4 is 16.0 Å². The van der Waals surface area contributed by atoms with Crippen LogP contribution in [0.3, 0.4) is 0 Å². The Labute approximate surface area is 114 Å². The lowest BCUT2D eigenvalue weighted by molar-refractivity contribution is -0.126. The third-order valence-corrected chi connectivity index (χ3v) is 4.28. The predicted octanol–water partition coefficient (Wildman–Crippen LogP) is 0.407. The van der Waals surface area contributed by atoms with Crippen molar-refractivity contribution in [2.75, 3.05) is 19.6 Å². The molecule has 0 saturated carbocycles. The van der Waals surface area contributed by atoms with Crippen molar-refractivity contribution in [2.24, 2.45) is 11.8 Å². The van der Waals surface area contributed by atoms with Gasteiger partial charge in [-0.3, -0.25) is 9.59 Å². The minimum atomic E-state index is 0.0900. The van der Waals surface area contributed by atoms with Crippen LogP contribution in [0.5, 0.6) is 0 Å². The van der Waals surface area contributed by atoms with Gasteiger partial charge in [-0.1, -0.05) is 6.92 Å². The molecule has 2 heterocycles. The SMILES string of the molecule is CC(CC(=O)NC1CCC(=O)NC1)C1CCCNC1. The normalized spacial score (nSPS) is 29.4. The quantitative estimate of drug-likeness (QED) is 0.691. The molecule has 5 heteroatoms. The van der Waals surface area contributed by atoms with Gasteiger partial charge in [-0.15, -0.1) is 0 Å². The van der Waals surface area contributed by atoms with E-state index in [0.717, 1.165) is 19.5 Å². The van der Waals surface area contributed by atoms with Crippen LogP contribution in [0.25, 0.3) is 0 Å². The van der Waals surface area contributed by atoms with E-state index in [1.165, 1.54) is 12.8 Å². The van der Waals surface area contributed by atoms with Gasteiger partial charge in [-0.25, -0.2) is 0 Å². The van der Waals surface area contributed by atoms with Crippen LogP contribution in [0.1, 0.15) is 39.0 Å². The predicted molar refractivity (Wildman–Crippen MR) is 73.5 cm³/mol. The third-order valence-electron chi connectivity index (χ3n) is 4.28. The molecule has 0 aromatic rings. The molecule has 0 bridgehead atoms. The van der Waals surface area contributed by atoms with Crippen molar-refractivity contribution in [3.8, 4) is 0 Å². The summed E-state index contributed by atoms with van der Waals surface area (Å²) in [7, 11) is 0. The van der Waals surface area contributed by atoms with Crippen molar-refractivity contribution in [3.63, 3.8) is 0 Å². The van der Waals surface area contributed by atoms with Gasteiger partial charge in [0.05, 0.1) is 0 Å². The van der Waals surface area contributed by atoms with E-state index in [4.69, 9.17) is 0 Å². The van der Waals surface area contributed by atoms with Gasteiger partial charge in [0.15, 0.2) is 0 Å². The molecule has 2 aliphatic heterocycles. The van der Waals surface area contributed by atoms with Gasteiger partial charge in [0, 0.05) is 25.4 Å². The molecule has 0 aliphatic carbocycles. The molecule has 2 aliphatic rings. The molecule has 108 valence electrons.